The van der Waals surface area contributed by atoms with Crippen LogP contribution in [0.2, 0.25) is 0 Å². The van der Waals surface area contributed by atoms with Gasteiger partial charge in [0.2, 0.25) is 0 Å². The zero-order valence-electron chi connectivity index (χ0n) is 11.1. The first-order chi connectivity index (χ1) is 8.92. The molecule has 0 bridgehead atoms. The minimum Gasteiger partial charge on any atom is -0.370 e. The molecule has 0 aromatic heterocycles. The molecule has 1 atom stereocenters. The van der Waals surface area contributed by atoms with Crippen molar-refractivity contribution in [3.05, 3.63) is 30.3 Å². The quantitative estimate of drug-likeness (QED) is 0.878. The highest BCUT2D eigenvalue weighted by Crippen LogP contribution is 2.22. The Labute approximate surface area is 110 Å². The molecule has 98 valence electrons. The van der Waals surface area contributed by atoms with Gasteiger partial charge in [-0.25, -0.2) is 0 Å². The number of nitrogens with one attached hydrogen (secondary N) is 1. The summed E-state index contributed by atoms with van der Waals surface area (Å²) in [5.41, 5.74) is 1.38. The fourth-order valence-electron chi connectivity index (χ4n) is 3.41. The number of nitrogens with zero attached hydrogens (tertiary/aromatic N) is 1. The van der Waals surface area contributed by atoms with Gasteiger partial charge in [0.1, 0.15) is 0 Å². The van der Waals surface area contributed by atoms with Crippen LogP contribution in [0.15, 0.2) is 30.3 Å². The lowest BCUT2D eigenvalue weighted by Crippen LogP contribution is -2.48. The Morgan fingerprint density at radius 3 is 2.39 bits per heavy atom. The van der Waals surface area contributed by atoms with Gasteiger partial charge in [-0.05, 0) is 37.8 Å². The molecule has 0 radical (unpaired) electrons. The van der Waals surface area contributed by atoms with Gasteiger partial charge in [0.15, 0.2) is 0 Å². The van der Waals surface area contributed by atoms with Crippen molar-refractivity contribution in [2.45, 2.75) is 50.6 Å². The van der Waals surface area contributed by atoms with E-state index in [0.29, 0.717) is 6.04 Å². The van der Waals surface area contributed by atoms with Gasteiger partial charge in [-0.15, -0.1) is 0 Å². The molecule has 2 nitrogen and oxygen atoms in total. The Bertz CT molecular complexity index is 357. The summed E-state index contributed by atoms with van der Waals surface area (Å²) >= 11 is 0. The SMILES string of the molecule is c1ccc(N2CCCC(NC3CCCC3)C2)cc1. The summed E-state index contributed by atoms with van der Waals surface area (Å²) in [5, 5.41) is 3.88. The third-order valence-corrected chi connectivity index (χ3v) is 4.37. The number of anilines is 1. The predicted octanol–water partition coefficient (Wildman–Crippen LogP) is 3.19. The molecule has 1 aromatic carbocycles. The number of benzene rings is 1. The van der Waals surface area contributed by atoms with Gasteiger partial charge in [0.05, 0.1) is 0 Å². The van der Waals surface area contributed by atoms with Gasteiger partial charge in [0.25, 0.3) is 0 Å². The fourth-order valence-corrected chi connectivity index (χ4v) is 3.41. The first-order valence-corrected chi connectivity index (χ1v) is 7.48. The molecular weight excluding hydrogens is 220 g/mol. The maximum atomic E-state index is 3.88. The number of rotatable bonds is 3. The molecule has 1 saturated heterocycles. The van der Waals surface area contributed by atoms with Crippen molar-refractivity contribution < 1.29 is 0 Å². The largest absolute Gasteiger partial charge is 0.370 e. The molecule has 2 heteroatoms. The molecule has 1 saturated carbocycles. The molecule has 1 aliphatic carbocycles. The Morgan fingerprint density at radius 1 is 0.889 bits per heavy atom. The number of para-hydroxylation sites is 1. The molecule has 0 amide bonds. The van der Waals surface area contributed by atoms with E-state index in [0.717, 1.165) is 6.04 Å². The van der Waals surface area contributed by atoms with Gasteiger partial charge in [-0.1, -0.05) is 31.0 Å². The van der Waals surface area contributed by atoms with Crippen LogP contribution < -0.4 is 10.2 Å². The number of hydrogen-bond acceptors (Lipinski definition) is 2. The summed E-state index contributed by atoms with van der Waals surface area (Å²) in [7, 11) is 0. The minimum atomic E-state index is 0.696. The summed E-state index contributed by atoms with van der Waals surface area (Å²) in [4.78, 5) is 2.54. The second kappa shape index (κ2) is 5.75. The normalized spacial score (nSPS) is 25.6. The van der Waals surface area contributed by atoms with Crippen molar-refractivity contribution in [1.29, 1.82) is 0 Å². The van der Waals surface area contributed by atoms with Crippen molar-refractivity contribution >= 4 is 5.69 Å². The Balaban J connectivity index is 1.58. The van der Waals surface area contributed by atoms with Crippen molar-refractivity contribution in [2.24, 2.45) is 0 Å². The minimum absolute atomic E-state index is 0.696. The second-order valence-corrected chi connectivity index (χ2v) is 5.77. The van der Waals surface area contributed by atoms with Crippen LogP contribution in [0.25, 0.3) is 0 Å². The lowest BCUT2D eigenvalue weighted by Gasteiger charge is -2.36. The highest BCUT2D eigenvalue weighted by molar-refractivity contribution is 5.46. The van der Waals surface area contributed by atoms with E-state index in [1.165, 1.54) is 57.3 Å². The van der Waals surface area contributed by atoms with Crippen LogP contribution in [0.3, 0.4) is 0 Å². The first kappa shape index (κ1) is 12.0. The fraction of sp³-hybridized carbons (Fsp3) is 0.625. The molecule has 3 rings (SSSR count). The molecule has 1 heterocycles. The third-order valence-electron chi connectivity index (χ3n) is 4.37. The van der Waals surface area contributed by atoms with E-state index in [4.69, 9.17) is 0 Å². The van der Waals surface area contributed by atoms with Gasteiger partial charge < -0.3 is 10.2 Å². The van der Waals surface area contributed by atoms with Crippen molar-refractivity contribution in [2.75, 3.05) is 18.0 Å². The average molecular weight is 244 g/mol. The van der Waals surface area contributed by atoms with Crippen molar-refractivity contribution in [1.82, 2.24) is 5.32 Å². The zero-order chi connectivity index (χ0) is 12.2. The molecule has 1 aliphatic heterocycles. The van der Waals surface area contributed by atoms with Crippen LogP contribution >= 0.6 is 0 Å². The van der Waals surface area contributed by atoms with Gasteiger partial charge in [0, 0.05) is 30.9 Å². The molecule has 2 fully saturated rings. The maximum absolute atomic E-state index is 3.88. The van der Waals surface area contributed by atoms with Crippen LogP contribution in [0.5, 0.6) is 0 Å². The average Bonchev–Trinajstić information content (AvgIpc) is 2.93. The van der Waals surface area contributed by atoms with Crippen LogP contribution in [-0.2, 0) is 0 Å². The first-order valence-electron chi connectivity index (χ1n) is 7.48. The topological polar surface area (TPSA) is 15.3 Å². The molecule has 1 N–H and O–H groups in total. The Kier molecular flexibility index (Phi) is 3.84. The van der Waals surface area contributed by atoms with E-state index >= 15 is 0 Å². The van der Waals surface area contributed by atoms with Crippen molar-refractivity contribution in [3.63, 3.8) is 0 Å². The van der Waals surface area contributed by atoms with Crippen LogP contribution in [0.4, 0.5) is 5.69 Å². The second-order valence-electron chi connectivity index (χ2n) is 5.77. The predicted molar refractivity (Wildman–Crippen MR) is 77.1 cm³/mol. The summed E-state index contributed by atoms with van der Waals surface area (Å²) < 4.78 is 0. The van der Waals surface area contributed by atoms with Gasteiger partial charge in [-0.2, -0.15) is 0 Å². The summed E-state index contributed by atoms with van der Waals surface area (Å²) in [6, 6.07) is 12.3. The lowest BCUT2D eigenvalue weighted by molar-refractivity contribution is 0.375. The van der Waals surface area contributed by atoms with E-state index < -0.39 is 0 Å². The van der Waals surface area contributed by atoms with Crippen LogP contribution in [0, 0.1) is 0 Å². The van der Waals surface area contributed by atoms with E-state index in [-0.39, 0.29) is 0 Å². The van der Waals surface area contributed by atoms with Gasteiger partial charge >= 0.3 is 0 Å². The summed E-state index contributed by atoms with van der Waals surface area (Å²) in [6.07, 6.45) is 8.29. The van der Waals surface area contributed by atoms with Gasteiger partial charge in [-0.3, -0.25) is 0 Å². The molecular formula is C16H24N2. The maximum Gasteiger partial charge on any atom is 0.0366 e. The zero-order valence-corrected chi connectivity index (χ0v) is 11.1. The molecule has 1 unspecified atom stereocenters. The van der Waals surface area contributed by atoms with Crippen LogP contribution in [0.1, 0.15) is 38.5 Å². The lowest BCUT2D eigenvalue weighted by atomic mass is 10.0. The standard InChI is InChI=1S/C16H24N2/c1-2-10-16(11-3-1)18-12-6-9-15(13-18)17-14-7-4-5-8-14/h1-3,10-11,14-15,17H,4-9,12-13H2. The molecule has 0 spiro atoms. The highest BCUT2D eigenvalue weighted by Gasteiger charge is 2.23. The highest BCUT2D eigenvalue weighted by atomic mass is 15.2. The molecule has 18 heavy (non-hydrogen) atoms. The summed E-state index contributed by atoms with van der Waals surface area (Å²) in [6.45, 7) is 2.40. The van der Waals surface area contributed by atoms with E-state index in [1.54, 1.807) is 0 Å². The number of hydrogen-bond donors (Lipinski definition) is 1. The molecule has 1 aromatic rings. The van der Waals surface area contributed by atoms with Crippen LogP contribution in [-0.4, -0.2) is 25.2 Å². The number of piperidine rings is 1. The molecule has 2 aliphatic rings. The Morgan fingerprint density at radius 2 is 1.61 bits per heavy atom. The monoisotopic (exact) mass is 244 g/mol. The summed E-state index contributed by atoms with van der Waals surface area (Å²) in [5.74, 6) is 0. The smallest absolute Gasteiger partial charge is 0.0366 e. The third kappa shape index (κ3) is 2.86. The Hall–Kier alpha value is -1.02. The van der Waals surface area contributed by atoms with E-state index in [2.05, 4.69) is 40.5 Å². The van der Waals surface area contributed by atoms with Crippen molar-refractivity contribution in [3.8, 4) is 0 Å². The van der Waals surface area contributed by atoms with E-state index in [1.807, 2.05) is 0 Å². The van der Waals surface area contributed by atoms with E-state index in [9.17, 15) is 0 Å².